The minimum absolute atomic E-state index is 0.0288. The largest absolute Gasteiger partial charge is 0.389 e. The third-order valence-electron chi connectivity index (χ3n) is 3.91. The van der Waals surface area contributed by atoms with Crippen LogP contribution in [0.5, 0.6) is 0 Å². The van der Waals surface area contributed by atoms with Crippen LogP contribution in [0, 0.1) is 12.8 Å². The van der Waals surface area contributed by atoms with Crippen LogP contribution in [-0.4, -0.2) is 44.9 Å². The number of hydrogen-bond acceptors (Lipinski definition) is 4. The maximum absolute atomic E-state index is 12.8. The Labute approximate surface area is 167 Å². The number of aromatic nitrogens is 3. The minimum atomic E-state index is -4.15. The first-order chi connectivity index (χ1) is 13.2. The molecule has 0 unspecified atom stereocenters. The van der Waals surface area contributed by atoms with E-state index in [0.717, 1.165) is 17.4 Å². The lowest BCUT2D eigenvalue weighted by Gasteiger charge is -2.24. The van der Waals surface area contributed by atoms with Crippen molar-refractivity contribution >= 4 is 23.4 Å². The molecule has 0 radical (unpaired) electrons. The molecule has 0 N–H and O–H groups in total. The summed E-state index contributed by atoms with van der Waals surface area (Å²) >= 11 is 1.15. The number of alkyl halides is 3. The fraction of sp³-hybridized carbons (Fsp3) is 0.526. The number of pyridine rings is 1. The Kier molecular flexibility index (Phi) is 7.91. The Balaban J connectivity index is 2.07. The van der Waals surface area contributed by atoms with Crippen LogP contribution in [0.1, 0.15) is 32.4 Å². The molecule has 28 heavy (non-hydrogen) atoms. The molecular weight excluding hydrogens is 389 g/mol. The van der Waals surface area contributed by atoms with E-state index >= 15 is 0 Å². The maximum Gasteiger partial charge on any atom is 0.389 e. The van der Waals surface area contributed by atoms with Gasteiger partial charge in [-0.3, -0.25) is 9.78 Å². The van der Waals surface area contributed by atoms with E-state index in [9.17, 15) is 18.0 Å². The number of carbonyl (C=O) groups excluding carboxylic acids is 1. The van der Waals surface area contributed by atoms with Gasteiger partial charge in [0.15, 0.2) is 0 Å². The van der Waals surface area contributed by atoms with Gasteiger partial charge in [-0.15, -0.1) is 0 Å². The van der Waals surface area contributed by atoms with E-state index in [1.165, 1.54) is 0 Å². The molecule has 5 nitrogen and oxygen atoms in total. The van der Waals surface area contributed by atoms with E-state index in [2.05, 4.69) is 10.1 Å². The molecule has 0 spiro atoms. The second-order valence-corrected chi connectivity index (χ2v) is 8.11. The Morgan fingerprint density at radius 2 is 2.07 bits per heavy atom. The van der Waals surface area contributed by atoms with Gasteiger partial charge in [0.25, 0.3) is 0 Å². The number of nitrogens with zero attached hydrogens (tertiary/aromatic N) is 4. The number of aryl methyl sites for hydroxylation is 1. The SMILES string of the molecule is Cc1nn(-c2cccnc2)cc1N(CC(C)C)C(=O)CCSCCC(F)(F)F. The second kappa shape index (κ2) is 9.95. The summed E-state index contributed by atoms with van der Waals surface area (Å²) in [5.74, 6) is 0.461. The van der Waals surface area contributed by atoms with Crippen LogP contribution in [0.15, 0.2) is 30.7 Å². The van der Waals surface area contributed by atoms with Crippen molar-refractivity contribution in [2.45, 2.75) is 39.8 Å². The number of carbonyl (C=O) groups is 1. The quantitative estimate of drug-likeness (QED) is 0.561. The molecule has 0 atom stereocenters. The summed E-state index contributed by atoms with van der Waals surface area (Å²) in [5, 5.41) is 4.48. The Morgan fingerprint density at radius 1 is 1.32 bits per heavy atom. The van der Waals surface area contributed by atoms with Crippen molar-refractivity contribution in [2.75, 3.05) is 23.0 Å². The highest BCUT2D eigenvalue weighted by Gasteiger charge is 2.26. The number of thioether (sulfide) groups is 1. The predicted octanol–water partition coefficient (Wildman–Crippen LogP) is 4.64. The Morgan fingerprint density at radius 3 is 2.68 bits per heavy atom. The second-order valence-electron chi connectivity index (χ2n) is 6.88. The zero-order valence-corrected chi connectivity index (χ0v) is 17.1. The predicted molar refractivity (Wildman–Crippen MR) is 106 cm³/mol. The van der Waals surface area contributed by atoms with Crippen molar-refractivity contribution in [3.05, 3.63) is 36.4 Å². The molecule has 2 rings (SSSR count). The lowest BCUT2D eigenvalue weighted by Crippen LogP contribution is -2.34. The zero-order chi connectivity index (χ0) is 20.7. The van der Waals surface area contributed by atoms with Crippen LogP contribution in [0.3, 0.4) is 0 Å². The van der Waals surface area contributed by atoms with Crippen molar-refractivity contribution < 1.29 is 18.0 Å². The summed E-state index contributed by atoms with van der Waals surface area (Å²) in [4.78, 5) is 18.5. The van der Waals surface area contributed by atoms with E-state index < -0.39 is 12.6 Å². The average Bonchev–Trinajstić information content (AvgIpc) is 3.00. The molecular formula is C19H25F3N4OS. The highest BCUT2D eigenvalue weighted by Crippen LogP contribution is 2.25. The van der Waals surface area contributed by atoms with Crippen LogP contribution < -0.4 is 4.90 Å². The number of rotatable bonds is 9. The zero-order valence-electron chi connectivity index (χ0n) is 16.2. The summed E-state index contributed by atoms with van der Waals surface area (Å²) in [6, 6.07) is 3.68. The molecule has 0 aromatic carbocycles. The molecule has 1 amide bonds. The molecule has 0 aliphatic carbocycles. The summed E-state index contributed by atoms with van der Waals surface area (Å²) in [6.07, 6.45) is 0.349. The van der Waals surface area contributed by atoms with Gasteiger partial charge in [0.2, 0.25) is 5.91 Å². The molecule has 0 saturated carbocycles. The van der Waals surface area contributed by atoms with E-state index in [1.807, 2.05) is 26.8 Å². The van der Waals surface area contributed by atoms with Gasteiger partial charge in [0.1, 0.15) is 0 Å². The van der Waals surface area contributed by atoms with Crippen molar-refractivity contribution in [2.24, 2.45) is 5.92 Å². The van der Waals surface area contributed by atoms with Gasteiger partial charge in [0, 0.05) is 30.7 Å². The molecule has 0 saturated heterocycles. The number of amides is 1. The maximum atomic E-state index is 12.8. The van der Waals surface area contributed by atoms with Gasteiger partial charge in [0.05, 0.1) is 35.9 Å². The monoisotopic (exact) mass is 414 g/mol. The third-order valence-corrected chi connectivity index (χ3v) is 4.90. The van der Waals surface area contributed by atoms with Crippen molar-refractivity contribution in [1.29, 1.82) is 0 Å². The molecule has 0 aliphatic rings. The van der Waals surface area contributed by atoms with Crippen LogP contribution in [0.2, 0.25) is 0 Å². The first-order valence-electron chi connectivity index (χ1n) is 9.09. The Hall–Kier alpha value is -2.03. The molecule has 9 heteroatoms. The van der Waals surface area contributed by atoms with Crippen LogP contribution in [-0.2, 0) is 4.79 Å². The van der Waals surface area contributed by atoms with Gasteiger partial charge in [-0.25, -0.2) is 4.68 Å². The van der Waals surface area contributed by atoms with Gasteiger partial charge in [-0.1, -0.05) is 13.8 Å². The summed E-state index contributed by atoms with van der Waals surface area (Å²) in [7, 11) is 0. The third kappa shape index (κ3) is 6.85. The molecule has 2 aromatic rings. The van der Waals surface area contributed by atoms with Crippen LogP contribution in [0.25, 0.3) is 5.69 Å². The van der Waals surface area contributed by atoms with Gasteiger partial charge in [-0.05, 0) is 25.0 Å². The van der Waals surface area contributed by atoms with E-state index in [0.29, 0.717) is 23.7 Å². The molecule has 2 aromatic heterocycles. The first-order valence-corrected chi connectivity index (χ1v) is 10.2. The van der Waals surface area contributed by atoms with Crippen molar-refractivity contribution in [3.63, 3.8) is 0 Å². The summed E-state index contributed by atoms with van der Waals surface area (Å²) in [6.45, 7) is 6.38. The first kappa shape index (κ1) is 22.3. The number of hydrogen-bond donors (Lipinski definition) is 0. The molecule has 154 valence electrons. The van der Waals surface area contributed by atoms with Crippen LogP contribution in [0.4, 0.5) is 18.9 Å². The standard InChI is InChI=1S/C19H25F3N4OS/c1-14(2)12-25(18(27)6-9-28-10-7-19(20,21)22)17-13-26(24-15(17)3)16-5-4-8-23-11-16/h4-5,8,11,13-14H,6-7,9-10,12H2,1-3H3. The van der Waals surface area contributed by atoms with Crippen LogP contribution >= 0.6 is 11.8 Å². The highest BCUT2D eigenvalue weighted by atomic mass is 32.2. The molecule has 2 heterocycles. The molecule has 0 bridgehead atoms. The van der Waals surface area contributed by atoms with Crippen molar-refractivity contribution in [3.8, 4) is 5.69 Å². The van der Waals surface area contributed by atoms with Gasteiger partial charge >= 0.3 is 6.18 Å². The summed E-state index contributed by atoms with van der Waals surface area (Å²) in [5.41, 5.74) is 2.21. The normalized spacial score (nSPS) is 11.8. The molecule has 0 aliphatic heterocycles. The van der Waals surface area contributed by atoms with E-state index in [4.69, 9.17) is 0 Å². The lowest BCUT2D eigenvalue weighted by molar-refractivity contribution is -0.129. The highest BCUT2D eigenvalue weighted by molar-refractivity contribution is 7.99. The van der Waals surface area contributed by atoms with E-state index in [1.54, 1.807) is 34.2 Å². The lowest BCUT2D eigenvalue weighted by atomic mass is 10.2. The fourth-order valence-corrected chi connectivity index (χ4v) is 3.52. The van der Waals surface area contributed by atoms with Crippen molar-refractivity contribution in [1.82, 2.24) is 14.8 Å². The number of anilines is 1. The van der Waals surface area contributed by atoms with Gasteiger partial charge < -0.3 is 4.90 Å². The van der Waals surface area contributed by atoms with Gasteiger partial charge in [-0.2, -0.15) is 30.0 Å². The number of halogens is 3. The van der Waals surface area contributed by atoms with E-state index in [-0.39, 0.29) is 24.0 Å². The topological polar surface area (TPSA) is 51.0 Å². The smallest absolute Gasteiger partial charge is 0.309 e. The Bertz CT molecular complexity index is 762. The average molecular weight is 414 g/mol. The molecule has 0 fully saturated rings. The fourth-order valence-electron chi connectivity index (χ4n) is 2.62. The minimum Gasteiger partial charge on any atom is -0.309 e. The summed E-state index contributed by atoms with van der Waals surface area (Å²) < 4.78 is 38.3.